The summed E-state index contributed by atoms with van der Waals surface area (Å²) >= 11 is 0. The molecule has 0 bridgehead atoms. The molecule has 0 aromatic carbocycles. The third kappa shape index (κ3) is 5.26. The fraction of sp³-hybridized carbons (Fsp3) is 0.826. The van der Waals surface area contributed by atoms with Crippen LogP contribution in [0.15, 0.2) is 21.0 Å². The zero-order chi connectivity index (χ0) is 23.8. The average Bonchev–Trinajstić information content (AvgIpc) is 3.64. The molecule has 1 aliphatic carbocycles. The summed E-state index contributed by atoms with van der Waals surface area (Å²) in [7, 11) is 1.68. The van der Waals surface area contributed by atoms with E-state index in [0.717, 1.165) is 19.3 Å². The van der Waals surface area contributed by atoms with Gasteiger partial charge in [0.05, 0.1) is 36.4 Å². The van der Waals surface area contributed by atoms with E-state index in [-0.39, 0.29) is 41.5 Å². The van der Waals surface area contributed by atoms with E-state index < -0.39 is 12.2 Å². The van der Waals surface area contributed by atoms with Crippen LogP contribution in [0.5, 0.6) is 0 Å². The third-order valence-electron chi connectivity index (χ3n) is 7.34. The summed E-state index contributed by atoms with van der Waals surface area (Å²) in [5.41, 5.74) is 0.680. The van der Waals surface area contributed by atoms with E-state index >= 15 is 0 Å². The minimum absolute atomic E-state index is 0.0127. The number of aliphatic hydroxyl groups is 1. The second-order valence-electron chi connectivity index (χ2n) is 9.92. The lowest BCUT2D eigenvalue weighted by Crippen LogP contribution is -2.57. The Morgan fingerprint density at radius 1 is 1.45 bits per heavy atom. The molecule has 3 heterocycles. The van der Waals surface area contributed by atoms with Crippen LogP contribution >= 0.6 is 0 Å². The minimum Gasteiger partial charge on any atom is -0.378 e. The normalized spacial score (nSPS) is 37.0. The zero-order valence-electron chi connectivity index (χ0n) is 20.1. The van der Waals surface area contributed by atoms with Gasteiger partial charge < -0.3 is 24.1 Å². The van der Waals surface area contributed by atoms with Gasteiger partial charge in [0, 0.05) is 19.6 Å². The van der Waals surface area contributed by atoms with Crippen LogP contribution in [0.3, 0.4) is 0 Å². The number of aromatic amines is 1. The maximum atomic E-state index is 11.2. The molecule has 4 rings (SSSR count). The van der Waals surface area contributed by atoms with Crippen molar-refractivity contribution in [3.8, 4) is 0 Å². The van der Waals surface area contributed by atoms with E-state index in [0.29, 0.717) is 25.3 Å². The molecule has 0 radical (unpaired) electrons. The van der Waals surface area contributed by atoms with Gasteiger partial charge in [0.15, 0.2) is 5.82 Å². The molecule has 3 fully saturated rings. The Hall–Kier alpha value is -1.56. The number of aliphatic hydroxyl groups excluding tert-OH is 1. The first-order chi connectivity index (χ1) is 15.7. The van der Waals surface area contributed by atoms with Crippen molar-refractivity contribution in [2.24, 2.45) is 5.92 Å². The van der Waals surface area contributed by atoms with Gasteiger partial charge in [-0.25, -0.2) is 4.79 Å². The second-order valence-corrected chi connectivity index (χ2v) is 9.92. The van der Waals surface area contributed by atoms with E-state index in [1.807, 2.05) is 6.92 Å². The second kappa shape index (κ2) is 9.59. The number of ether oxygens (including phenoxy) is 4. The predicted octanol–water partition coefficient (Wildman–Crippen LogP) is 1.64. The Morgan fingerprint density at radius 2 is 2.21 bits per heavy atom. The molecule has 3 aliphatic rings. The summed E-state index contributed by atoms with van der Waals surface area (Å²) in [5, 5.41) is 17.4. The summed E-state index contributed by atoms with van der Waals surface area (Å²) in [6.45, 7) is 8.99. The number of nitrogens with one attached hydrogen (secondary N) is 2. The summed E-state index contributed by atoms with van der Waals surface area (Å²) in [4.78, 5) is 13.7. The number of H-pyrrole nitrogens is 1. The van der Waals surface area contributed by atoms with E-state index in [4.69, 9.17) is 18.9 Å². The standard InChI is InChI=1S/C23H37N3O7/c1-6-14(11-17-25-21(28)33-26-17)24-20(27)31-15-9-10-23(12-30-23)19(18(15)29-5)22(4)16(32-22)8-7-13(2)3/h7,14-16,18-20,24,27H,6,8-12H2,1-5H3,(H,25,26,28)/t14-,15+,16+,18+,19+,20?,22-,23-/m0/s1. The summed E-state index contributed by atoms with van der Waals surface area (Å²) < 4.78 is 28.8. The van der Waals surface area contributed by atoms with Crippen molar-refractivity contribution in [3.05, 3.63) is 28.0 Å². The summed E-state index contributed by atoms with van der Waals surface area (Å²) in [6, 6.07) is -0.156. The van der Waals surface area contributed by atoms with Crippen LogP contribution in [0.2, 0.25) is 0 Å². The van der Waals surface area contributed by atoms with Gasteiger partial charge in [0.2, 0.25) is 6.41 Å². The van der Waals surface area contributed by atoms with E-state index in [2.05, 4.69) is 46.8 Å². The average molecular weight is 468 g/mol. The highest BCUT2D eigenvalue weighted by Gasteiger charge is 2.72. The van der Waals surface area contributed by atoms with E-state index in [1.165, 1.54) is 5.57 Å². The van der Waals surface area contributed by atoms with Gasteiger partial charge in [-0.05, 0) is 46.5 Å². The van der Waals surface area contributed by atoms with Crippen LogP contribution < -0.4 is 11.1 Å². The number of hydrogen-bond acceptors (Lipinski definition) is 9. The molecule has 186 valence electrons. The fourth-order valence-corrected chi connectivity index (χ4v) is 5.40. The van der Waals surface area contributed by atoms with Gasteiger partial charge >= 0.3 is 5.76 Å². The molecule has 1 saturated carbocycles. The molecule has 1 aromatic rings. The highest BCUT2D eigenvalue weighted by molar-refractivity contribution is 5.20. The Morgan fingerprint density at radius 3 is 2.79 bits per heavy atom. The molecule has 2 saturated heterocycles. The molecule has 1 unspecified atom stereocenters. The lowest BCUT2D eigenvalue weighted by molar-refractivity contribution is -0.217. The molecule has 0 amide bonds. The van der Waals surface area contributed by atoms with Crippen LogP contribution in [0.4, 0.5) is 0 Å². The molecule has 8 atom stereocenters. The number of allylic oxidation sites excluding steroid dienone is 1. The van der Waals surface area contributed by atoms with E-state index in [1.54, 1.807) is 7.11 Å². The van der Waals surface area contributed by atoms with Crippen LogP contribution in [0.25, 0.3) is 0 Å². The molecule has 1 aromatic heterocycles. The topological polar surface area (TPSA) is 135 Å². The first-order valence-electron chi connectivity index (χ1n) is 11.8. The summed E-state index contributed by atoms with van der Waals surface area (Å²) in [6.07, 6.45) is 4.06. The van der Waals surface area contributed by atoms with Crippen LogP contribution in [0, 0.1) is 5.92 Å². The van der Waals surface area contributed by atoms with Gasteiger partial charge in [0.25, 0.3) is 0 Å². The highest BCUT2D eigenvalue weighted by Crippen LogP contribution is 2.59. The number of epoxide rings is 2. The quantitative estimate of drug-likeness (QED) is 0.252. The maximum Gasteiger partial charge on any atom is 0.438 e. The molecule has 33 heavy (non-hydrogen) atoms. The van der Waals surface area contributed by atoms with Gasteiger partial charge in [-0.3, -0.25) is 14.8 Å². The van der Waals surface area contributed by atoms with Crippen molar-refractivity contribution < 1.29 is 28.6 Å². The van der Waals surface area contributed by atoms with Crippen molar-refractivity contribution in [3.63, 3.8) is 0 Å². The van der Waals surface area contributed by atoms with Crippen LogP contribution in [-0.4, -0.2) is 70.9 Å². The maximum absolute atomic E-state index is 11.2. The monoisotopic (exact) mass is 467 g/mol. The van der Waals surface area contributed by atoms with Crippen LogP contribution in [0.1, 0.15) is 59.2 Å². The Labute approximate surface area is 194 Å². The minimum atomic E-state index is -1.19. The molecule has 10 nitrogen and oxygen atoms in total. The predicted molar refractivity (Wildman–Crippen MR) is 118 cm³/mol. The number of hydrogen-bond donors (Lipinski definition) is 3. The Balaban J connectivity index is 1.40. The lowest BCUT2D eigenvalue weighted by Gasteiger charge is -2.43. The molecule has 1 spiro atoms. The number of nitrogens with zero attached hydrogens (tertiary/aromatic N) is 1. The number of rotatable bonds is 11. The van der Waals surface area contributed by atoms with Crippen LogP contribution in [-0.2, 0) is 25.4 Å². The third-order valence-corrected chi connectivity index (χ3v) is 7.34. The fourth-order valence-electron chi connectivity index (χ4n) is 5.40. The molecule has 2 aliphatic heterocycles. The first kappa shape index (κ1) is 24.6. The Kier molecular flexibility index (Phi) is 7.14. The largest absolute Gasteiger partial charge is 0.438 e. The number of aromatic nitrogens is 2. The smallest absolute Gasteiger partial charge is 0.378 e. The highest BCUT2D eigenvalue weighted by atomic mass is 16.7. The number of methoxy groups -OCH3 is 1. The van der Waals surface area contributed by atoms with Crippen molar-refractivity contribution >= 4 is 0 Å². The Bertz CT molecular complexity index is 891. The van der Waals surface area contributed by atoms with Crippen molar-refractivity contribution in [2.75, 3.05) is 13.7 Å². The lowest BCUT2D eigenvalue weighted by atomic mass is 9.68. The summed E-state index contributed by atoms with van der Waals surface area (Å²) in [5.74, 6) is -0.158. The van der Waals surface area contributed by atoms with Gasteiger partial charge in [0.1, 0.15) is 5.60 Å². The van der Waals surface area contributed by atoms with Gasteiger partial charge in [-0.2, -0.15) is 0 Å². The van der Waals surface area contributed by atoms with E-state index in [9.17, 15) is 9.90 Å². The zero-order valence-corrected chi connectivity index (χ0v) is 20.1. The van der Waals surface area contributed by atoms with Crippen molar-refractivity contribution in [1.29, 1.82) is 0 Å². The SMILES string of the molecule is CC[C@@H](Cc1noc(=O)[nH]1)NC(O)O[C@@H]1CC[C@]2(CO2)[C@@H]([C@@]2(C)O[C@@H]2CC=C(C)C)[C@@H]1OC. The van der Waals surface area contributed by atoms with Crippen molar-refractivity contribution in [2.45, 2.75) is 102 Å². The van der Waals surface area contributed by atoms with Gasteiger partial charge in [-0.1, -0.05) is 23.7 Å². The first-order valence-corrected chi connectivity index (χ1v) is 11.8. The molecule has 10 heteroatoms. The van der Waals surface area contributed by atoms with Crippen molar-refractivity contribution in [1.82, 2.24) is 15.5 Å². The molecular weight excluding hydrogens is 430 g/mol. The van der Waals surface area contributed by atoms with Gasteiger partial charge in [-0.15, -0.1) is 0 Å². The molecule has 3 N–H and O–H groups in total. The molecular formula is C23H37N3O7.